The third-order valence-electron chi connectivity index (χ3n) is 6.41. The molecule has 1 atom stereocenters. The van der Waals surface area contributed by atoms with Crippen LogP contribution in [0.1, 0.15) is 36.8 Å². The number of hydrogen-bond acceptors (Lipinski definition) is 7. The molecule has 4 aromatic rings. The molecule has 35 heavy (non-hydrogen) atoms. The molecule has 3 N–H and O–H groups in total. The molecule has 182 valence electrons. The summed E-state index contributed by atoms with van der Waals surface area (Å²) in [6.45, 7) is 10.5. The van der Waals surface area contributed by atoms with Crippen LogP contribution < -0.4 is 15.5 Å². The summed E-state index contributed by atoms with van der Waals surface area (Å²) >= 11 is 0. The van der Waals surface area contributed by atoms with Crippen molar-refractivity contribution < 1.29 is 9.90 Å². The number of aryl methyl sites for hydroxylation is 2. The maximum Gasteiger partial charge on any atom is 0.270 e. The van der Waals surface area contributed by atoms with Gasteiger partial charge in [-0.05, 0) is 52.0 Å². The highest BCUT2D eigenvalue weighted by atomic mass is 16.3. The van der Waals surface area contributed by atoms with Gasteiger partial charge in [-0.2, -0.15) is 5.10 Å². The van der Waals surface area contributed by atoms with Crippen molar-refractivity contribution in [2.45, 2.75) is 39.8 Å². The van der Waals surface area contributed by atoms with Crippen LogP contribution in [0.3, 0.4) is 0 Å². The molecular weight excluding hydrogens is 442 g/mol. The van der Waals surface area contributed by atoms with Crippen LogP contribution >= 0.6 is 0 Å². The number of phenolic OH excluding ortho intramolecular Hbond substituents is 1. The molecule has 3 heterocycles. The molecule has 2 aromatic carbocycles. The summed E-state index contributed by atoms with van der Waals surface area (Å²) in [5, 5.41) is 23.4. The highest BCUT2D eigenvalue weighted by Crippen LogP contribution is 2.36. The maximum absolute atomic E-state index is 13.3. The van der Waals surface area contributed by atoms with Crippen molar-refractivity contribution in [3.8, 4) is 17.1 Å². The van der Waals surface area contributed by atoms with Crippen molar-refractivity contribution in [2.24, 2.45) is 7.05 Å². The topological polar surface area (TPSA) is 108 Å². The van der Waals surface area contributed by atoms with Gasteiger partial charge in [0.05, 0.1) is 16.6 Å². The van der Waals surface area contributed by atoms with Gasteiger partial charge in [0.25, 0.3) is 5.91 Å². The van der Waals surface area contributed by atoms with E-state index in [2.05, 4.69) is 27.6 Å². The first kappa shape index (κ1) is 23.0. The van der Waals surface area contributed by atoms with E-state index in [4.69, 9.17) is 9.97 Å². The highest BCUT2D eigenvalue weighted by Gasteiger charge is 2.22. The Bertz CT molecular complexity index is 1440. The van der Waals surface area contributed by atoms with E-state index >= 15 is 0 Å². The van der Waals surface area contributed by atoms with Gasteiger partial charge in [-0.15, -0.1) is 0 Å². The summed E-state index contributed by atoms with van der Waals surface area (Å²) < 4.78 is 1.71. The molecule has 1 fully saturated rings. The van der Waals surface area contributed by atoms with E-state index in [1.54, 1.807) is 4.68 Å². The summed E-state index contributed by atoms with van der Waals surface area (Å²) in [5.41, 5.74) is 3.84. The van der Waals surface area contributed by atoms with Crippen molar-refractivity contribution in [3.63, 3.8) is 0 Å². The number of amides is 1. The Morgan fingerprint density at radius 1 is 1.26 bits per heavy atom. The first-order valence-corrected chi connectivity index (χ1v) is 12.0. The number of rotatable bonds is 4. The minimum Gasteiger partial charge on any atom is -0.507 e. The van der Waals surface area contributed by atoms with Gasteiger partial charge in [-0.25, -0.2) is 9.97 Å². The van der Waals surface area contributed by atoms with Crippen LogP contribution in [-0.2, 0) is 7.05 Å². The molecular formula is C26H31N7O2. The standard InChI is InChI=1S/C26H31N7O2/c1-14(2)28-26(35)23-19-11-18(33-9-8-27-15(3)12-33)6-7-21(19)29-25(30-23)20-10-17-13-32(5)31-22(17)16(4)24(20)34/h6-7,10-11,13-15,27,34H,8-9,12H2,1-5H3,(H,28,35). The second-order valence-electron chi connectivity index (χ2n) is 9.66. The zero-order valence-corrected chi connectivity index (χ0v) is 20.8. The van der Waals surface area contributed by atoms with Gasteiger partial charge in [0.1, 0.15) is 11.4 Å². The lowest BCUT2D eigenvalue weighted by Gasteiger charge is -2.33. The number of carbonyl (C=O) groups is 1. The van der Waals surface area contributed by atoms with Crippen molar-refractivity contribution in [2.75, 3.05) is 24.5 Å². The number of aromatic hydroxyl groups is 1. The van der Waals surface area contributed by atoms with Gasteiger partial charge in [0.15, 0.2) is 5.82 Å². The number of nitrogens with one attached hydrogen (secondary N) is 2. The van der Waals surface area contributed by atoms with E-state index in [9.17, 15) is 9.90 Å². The summed E-state index contributed by atoms with van der Waals surface area (Å²) in [6, 6.07) is 8.14. The Morgan fingerprint density at radius 2 is 2.06 bits per heavy atom. The molecule has 2 aromatic heterocycles. The number of piperazine rings is 1. The minimum absolute atomic E-state index is 0.0458. The highest BCUT2D eigenvalue weighted by molar-refractivity contribution is 6.06. The summed E-state index contributed by atoms with van der Waals surface area (Å²) in [4.78, 5) is 25.0. The Balaban J connectivity index is 1.69. The predicted octanol–water partition coefficient (Wildman–Crippen LogP) is 3.13. The van der Waals surface area contributed by atoms with Crippen molar-refractivity contribution in [1.82, 2.24) is 30.4 Å². The van der Waals surface area contributed by atoms with E-state index in [1.807, 2.05) is 58.3 Å². The maximum atomic E-state index is 13.3. The van der Waals surface area contributed by atoms with Crippen molar-refractivity contribution in [1.29, 1.82) is 0 Å². The van der Waals surface area contributed by atoms with E-state index in [0.717, 1.165) is 36.2 Å². The Hall–Kier alpha value is -3.72. The van der Waals surface area contributed by atoms with Crippen LogP contribution in [-0.4, -0.2) is 62.5 Å². The van der Waals surface area contributed by atoms with Gasteiger partial charge in [0.2, 0.25) is 0 Å². The normalized spacial score (nSPS) is 16.4. The summed E-state index contributed by atoms with van der Waals surface area (Å²) in [6.07, 6.45) is 1.89. The van der Waals surface area contributed by atoms with Gasteiger partial charge in [-0.1, -0.05) is 0 Å². The molecule has 1 unspecified atom stereocenters. The van der Waals surface area contributed by atoms with Crippen LogP contribution in [0.25, 0.3) is 33.2 Å². The molecule has 5 rings (SSSR count). The number of hydrogen-bond donors (Lipinski definition) is 3. The number of aromatic nitrogens is 4. The number of anilines is 1. The molecule has 1 amide bonds. The van der Waals surface area contributed by atoms with Crippen LogP contribution in [0.15, 0.2) is 30.5 Å². The second kappa shape index (κ2) is 8.81. The first-order valence-electron chi connectivity index (χ1n) is 12.0. The third-order valence-corrected chi connectivity index (χ3v) is 6.41. The minimum atomic E-state index is -0.266. The average molecular weight is 474 g/mol. The Kier molecular flexibility index (Phi) is 5.80. The second-order valence-corrected chi connectivity index (χ2v) is 9.66. The van der Waals surface area contributed by atoms with Crippen molar-refractivity contribution >= 4 is 33.4 Å². The van der Waals surface area contributed by atoms with Gasteiger partial charge in [0, 0.05) is 67.0 Å². The van der Waals surface area contributed by atoms with Crippen molar-refractivity contribution in [3.05, 3.63) is 41.7 Å². The summed E-state index contributed by atoms with van der Waals surface area (Å²) in [7, 11) is 1.84. The SMILES string of the molecule is Cc1c(O)c(-c2nc(C(=O)NC(C)C)c3cc(N4CCNC(C)C4)ccc3n2)cc2cn(C)nc12. The summed E-state index contributed by atoms with van der Waals surface area (Å²) in [5.74, 6) is 0.108. The molecule has 1 aliphatic rings. The molecule has 1 aliphatic heterocycles. The monoisotopic (exact) mass is 473 g/mol. The fourth-order valence-corrected chi connectivity index (χ4v) is 4.72. The van der Waals surface area contributed by atoms with E-state index < -0.39 is 0 Å². The van der Waals surface area contributed by atoms with E-state index in [-0.39, 0.29) is 17.7 Å². The van der Waals surface area contributed by atoms with Gasteiger partial charge >= 0.3 is 0 Å². The number of carbonyl (C=O) groups excluding carboxylic acids is 1. The van der Waals surface area contributed by atoms with Crippen LogP contribution in [0.2, 0.25) is 0 Å². The first-order chi connectivity index (χ1) is 16.7. The van der Waals surface area contributed by atoms with Crippen LogP contribution in [0.4, 0.5) is 5.69 Å². The third kappa shape index (κ3) is 4.27. The fraction of sp³-hybridized carbons (Fsp3) is 0.385. The quantitative estimate of drug-likeness (QED) is 0.418. The van der Waals surface area contributed by atoms with Crippen LogP contribution in [0, 0.1) is 6.92 Å². The molecule has 0 saturated carbocycles. The fourth-order valence-electron chi connectivity index (χ4n) is 4.72. The van der Waals surface area contributed by atoms with Gasteiger partial charge < -0.3 is 20.6 Å². The molecule has 0 bridgehead atoms. The molecule has 9 nitrogen and oxygen atoms in total. The number of phenols is 1. The zero-order chi connectivity index (χ0) is 24.9. The number of fused-ring (bicyclic) bond motifs is 2. The molecule has 0 spiro atoms. The number of benzene rings is 2. The van der Waals surface area contributed by atoms with E-state index in [0.29, 0.717) is 39.6 Å². The molecule has 9 heteroatoms. The molecule has 0 radical (unpaired) electrons. The largest absolute Gasteiger partial charge is 0.507 e. The van der Waals surface area contributed by atoms with Gasteiger partial charge in [-0.3, -0.25) is 9.48 Å². The Morgan fingerprint density at radius 3 is 2.80 bits per heavy atom. The zero-order valence-electron chi connectivity index (χ0n) is 20.8. The lowest BCUT2D eigenvalue weighted by Crippen LogP contribution is -2.49. The smallest absolute Gasteiger partial charge is 0.270 e. The lowest BCUT2D eigenvalue weighted by atomic mass is 10.0. The van der Waals surface area contributed by atoms with Crippen LogP contribution in [0.5, 0.6) is 5.75 Å². The average Bonchev–Trinajstić information content (AvgIpc) is 3.20. The van der Waals surface area contributed by atoms with E-state index in [1.165, 1.54) is 0 Å². The lowest BCUT2D eigenvalue weighted by molar-refractivity contribution is 0.0940. The molecule has 1 saturated heterocycles. The predicted molar refractivity (Wildman–Crippen MR) is 138 cm³/mol. The Labute approximate surface area is 204 Å². The molecule has 0 aliphatic carbocycles. The number of nitrogens with zero attached hydrogens (tertiary/aromatic N) is 5.